The fraction of sp³-hybridized carbons (Fsp3) is 0.379. The second-order valence-electron chi connectivity index (χ2n) is 10.1. The maximum atomic E-state index is 15.5. The Morgan fingerprint density at radius 2 is 1.25 bits per heavy atom. The number of hydrogen-bond acceptors (Lipinski definition) is 1. The third-order valence-electron chi connectivity index (χ3n) is 8.19. The lowest BCUT2D eigenvalue weighted by Crippen LogP contribution is -2.59. The van der Waals surface area contributed by atoms with Gasteiger partial charge in [0.2, 0.25) is 0 Å². The number of rotatable bonds is 5. The van der Waals surface area contributed by atoms with E-state index in [-0.39, 0.29) is 22.3 Å². The van der Waals surface area contributed by atoms with Crippen LogP contribution in [0.3, 0.4) is 0 Å². The first-order valence-corrected chi connectivity index (χ1v) is 13.2. The summed E-state index contributed by atoms with van der Waals surface area (Å²) in [6.07, 6.45) is 6.44. The molecule has 3 aromatic rings. The molecule has 164 valence electrons. The third kappa shape index (κ3) is 3.46. The van der Waals surface area contributed by atoms with Crippen molar-refractivity contribution in [2.45, 2.75) is 59.3 Å². The first-order chi connectivity index (χ1) is 15.6. The van der Waals surface area contributed by atoms with Gasteiger partial charge in [-0.05, 0) is 99.1 Å². The van der Waals surface area contributed by atoms with Crippen LogP contribution in [0.15, 0.2) is 93.5 Å². The van der Waals surface area contributed by atoms with Gasteiger partial charge in [0.15, 0.2) is 26.3 Å². The predicted molar refractivity (Wildman–Crippen MR) is 128 cm³/mol. The number of benzene rings is 3. The van der Waals surface area contributed by atoms with Crippen LogP contribution >= 0.6 is 0 Å². The van der Waals surface area contributed by atoms with E-state index in [0.29, 0.717) is 17.6 Å². The predicted octanol–water partition coefficient (Wildman–Crippen LogP) is 7.51. The molecule has 4 fully saturated rings. The average molecular weight is 446 g/mol. The minimum Gasteiger partial charge on any atom is -0.484 e. The smallest absolute Gasteiger partial charge is 0.170 e. The molecule has 0 spiro atoms. The molecule has 0 heterocycles. The Morgan fingerprint density at radius 3 is 1.75 bits per heavy atom. The molecule has 1 nitrogen and oxygen atoms in total. The fourth-order valence-electron chi connectivity index (χ4n) is 6.74. The summed E-state index contributed by atoms with van der Waals surface area (Å²) in [7, 11) is -0.349. The van der Waals surface area contributed by atoms with E-state index in [0.717, 1.165) is 16.7 Å². The van der Waals surface area contributed by atoms with Gasteiger partial charge in [-0.25, -0.2) is 4.39 Å². The van der Waals surface area contributed by atoms with Gasteiger partial charge in [-0.1, -0.05) is 36.4 Å². The van der Waals surface area contributed by atoms with Crippen molar-refractivity contribution in [1.82, 2.24) is 0 Å². The Labute approximate surface area is 193 Å². The van der Waals surface area contributed by atoms with Crippen LogP contribution in [-0.2, 0) is 10.9 Å². The van der Waals surface area contributed by atoms with Crippen molar-refractivity contribution in [3.05, 3.63) is 84.7 Å². The summed E-state index contributed by atoms with van der Waals surface area (Å²) in [5.41, 5.74) is -0.226. The SMILES string of the molecule is CC1(Oc2ccc([S+](c3ccccc3)c3ccccc3)cc2F)C2CC3CC(C2)CC1C3. The Balaban J connectivity index is 1.32. The van der Waals surface area contributed by atoms with Gasteiger partial charge in [0.1, 0.15) is 5.60 Å². The van der Waals surface area contributed by atoms with Crippen molar-refractivity contribution in [2.75, 3.05) is 0 Å². The van der Waals surface area contributed by atoms with E-state index in [1.54, 1.807) is 6.07 Å². The van der Waals surface area contributed by atoms with E-state index in [4.69, 9.17) is 4.74 Å². The molecular weight excluding hydrogens is 415 g/mol. The van der Waals surface area contributed by atoms with Crippen molar-refractivity contribution in [3.63, 3.8) is 0 Å². The molecule has 3 aromatic carbocycles. The first kappa shape index (κ1) is 20.4. The molecule has 0 unspecified atom stereocenters. The molecule has 4 saturated carbocycles. The van der Waals surface area contributed by atoms with Crippen LogP contribution in [0.4, 0.5) is 4.39 Å². The lowest BCUT2D eigenvalue weighted by atomic mass is 9.50. The van der Waals surface area contributed by atoms with E-state index in [1.807, 2.05) is 18.2 Å². The first-order valence-electron chi connectivity index (χ1n) is 11.9. The molecule has 4 aliphatic rings. The van der Waals surface area contributed by atoms with Crippen LogP contribution in [0.5, 0.6) is 5.75 Å². The highest BCUT2D eigenvalue weighted by Crippen LogP contribution is 2.59. The van der Waals surface area contributed by atoms with E-state index in [9.17, 15) is 0 Å². The Hall–Kier alpha value is -2.26. The molecule has 4 aliphatic carbocycles. The van der Waals surface area contributed by atoms with E-state index < -0.39 is 0 Å². The van der Waals surface area contributed by atoms with Gasteiger partial charge < -0.3 is 4.74 Å². The van der Waals surface area contributed by atoms with Crippen LogP contribution in [0.25, 0.3) is 0 Å². The van der Waals surface area contributed by atoms with Crippen molar-refractivity contribution in [2.24, 2.45) is 23.7 Å². The molecule has 7 rings (SSSR count). The number of hydrogen-bond donors (Lipinski definition) is 0. The Morgan fingerprint density at radius 1 is 0.719 bits per heavy atom. The summed E-state index contributed by atoms with van der Waals surface area (Å²) >= 11 is 0. The maximum absolute atomic E-state index is 15.5. The topological polar surface area (TPSA) is 9.23 Å². The summed E-state index contributed by atoms with van der Waals surface area (Å²) < 4.78 is 22.1. The molecule has 32 heavy (non-hydrogen) atoms. The standard InChI is InChI=1S/C29H30FOS/c1-29(22-15-20-14-21(17-22)18-23(29)16-20)31-28-13-12-26(19-27(28)30)32(24-8-4-2-5-9-24)25-10-6-3-7-11-25/h2-13,19-23H,14-18H2,1H3/q+1. The van der Waals surface area contributed by atoms with Gasteiger partial charge in [0.05, 0.1) is 10.9 Å². The lowest BCUT2D eigenvalue weighted by molar-refractivity contribution is -0.146. The van der Waals surface area contributed by atoms with E-state index in [2.05, 4.69) is 61.5 Å². The molecular formula is C29H30FOS+. The third-order valence-corrected chi connectivity index (χ3v) is 10.4. The minimum absolute atomic E-state index is 0.226. The second-order valence-corrected chi connectivity index (χ2v) is 12.1. The minimum atomic E-state index is -0.349. The van der Waals surface area contributed by atoms with Crippen LogP contribution in [0, 0.1) is 29.5 Å². The van der Waals surface area contributed by atoms with Crippen LogP contribution < -0.4 is 4.74 Å². The van der Waals surface area contributed by atoms with Gasteiger partial charge in [0.25, 0.3) is 0 Å². The summed E-state index contributed by atoms with van der Waals surface area (Å²) in [5.74, 6) is 3.08. The number of ether oxygens (including phenoxy) is 1. The van der Waals surface area contributed by atoms with E-state index in [1.165, 1.54) is 41.9 Å². The van der Waals surface area contributed by atoms with Crippen molar-refractivity contribution in [3.8, 4) is 5.75 Å². The van der Waals surface area contributed by atoms with Gasteiger partial charge in [-0.15, -0.1) is 0 Å². The highest BCUT2D eigenvalue weighted by molar-refractivity contribution is 7.97. The maximum Gasteiger partial charge on any atom is 0.170 e. The molecule has 0 aromatic heterocycles. The molecule has 0 atom stereocenters. The second kappa shape index (κ2) is 7.95. The highest BCUT2D eigenvalue weighted by Gasteiger charge is 2.56. The molecule has 0 radical (unpaired) electrons. The van der Waals surface area contributed by atoms with Crippen LogP contribution in [-0.4, -0.2) is 5.60 Å². The van der Waals surface area contributed by atoms with E-state index >= 15 is 4.39 Å². The van der Waals surface area contributed by atoms with Crippen molar-refractivity contribution >= 4 is 10.9 Å². The lowest BCUT2D eigenvalue weighted by Gasteiger charge is -2.59. The molecule has 0 aliphatic heterocycles. The van der Waals surface area contributed by atoms with Gasteiger partial charge in [0, 0.05) is 6.07 Å². The summed E-state index contributed by atoms with van der Waals surface area (Å²) in [4.78, 5) is 3.38. The molecule has 3 heteroatoms. The highest BCUT2D eigenvalue weighted by atomic mass is 32.2. The zero-order valence-corrected chi connectivity index (χ0v) is 19.4. The Kier molecular flexibility index (Phi) is 5.06. The fourth-order valence-corrected chi connectivity index (χ4v) is 8.84. The Bertz CT molecular complexity index is 1030. The average Bonchev–Trinajstić information content (AvgIpc) is 2.81. The number of halogens is 1. The van der Waals surface area contributed by atoms with Crippen molar-refractivity contribution in [1.29, 1.82) is 0 Å². The molecule has 0 saturated heterocycles. The summed E-state index contributed by atoms with van der Waals surface area (Å²) in [6, 6.07) is 26.5. The van der Waals surface area contributed by atoms with Gasteiger partial charge in [-0.3, -0.25) is 0 Å². The zero-order chi connectivity index (χ0) is 21.7. The van der Waals surface area contributed by atoms with Gasteiger partial charge >= 0.3 is 0 Å². The zero-order valence-electron chi connectivity index (χ0n) is 18.5. The summed E-state index contributed by atoms with van der Waals surface area (Å²) in [6.45, 7) is 2.26. The van der Waals surface area contributed by atoms with Gasteiger partial charge in [-0.2, -0.15) is 0 Å². The molecule has 4 bridgehead atoms. The largest absolute Gasteiger partial charge is 0.484 e. The monoisotopic (exact) mass is 445 g/mol. The van der Waals surface area contributed by atoms with Crippen LogP contribution in [0.1, 0.15) is 39.0 Å². The summed E-state index contributed by atoms with van der Waals surface area (Å²) in [5, 5.41) is 0. The van der Waals surface area contributed by atoms with Crippen molar-refractivity contribution < 1.29 is 9.13 Å². The normalized spacial score (nSPS) is 30.6. The van der Waals surface area contributed by atoms with Crippen LogP contribution in [0.2, 0.25) is 0 Å². The quantitative estimate of drug-likeness (QED) is 0.369. The molecule has 0 amide bonds. The molecule has 0 N–H and O–H groups in total.